The van der Waals surface area contributed by atoms with Gasteiger partial charge in [0.1, 0.15) is 5.52 Å². The minimum Gasteiger partial charge on any atom is -0.478 e. The van der Waals surface area contributed by atoms with E-state index in [4.69, 9.17) is 5.11 Å². The number of carbonyl (C=O) groups is 1. The normalized spacial score (nSPS) is 10.9. The summed E-state index contributed by atoms with van der Waals surface area (Å²) in [4.78, 5) is 15.0. The van der Waals surface area contributed by atoms with Gasteiger partial charge in [0.05, 0.1) is 24.0 Å². The van der Waals surface area contributed by atoms with Gasteiger partial charge in [0.15, 0.2) is 0 Å². The fraction of sp³-hybridized carbons (Fsp3) is 0.167. The van der Waals surface area contributed by atoms with E-state index in [-0.39, 0.29) is 5.56 Å². The summed E-state index contributed by atoms with van der Waals surface area (Å²) in [5, 5.41) is 17.0. The molecular formula is C12H11N5O2. The van der Waals surface area contributed by atoms with E-state index in [1.165, 1.54) is 6.07 Å². The third-order valence-electron chi connectivity index (χ3n) is 2.91. The van der Waals surface area contributed by atoms with E-state index in [1.54, 1.807) is 23.3 Å². The van der Waals surface area contributed by atoms with Gasteiger partial charge in [-0.15, -0.1) is 5.10 Å². The summed E-state index contributed by atoms with van der Waals surface area (Å²) in [6.45, 7) is 1.31. The molecular weight excluding hydrogens is 246 g/mol. The van der Waals surface area contributed by atoms with Crippen molar-refractivity contribution in [2.45, 2.75) is 13.1 Å². The minimum atomic E-state index is -0.993. The van der Waals surface area contributed by atoms with Crippen LogP contribution in [-0.2, 0) is 13.1 Å². The second-order valence-electron chi connectivity index (χ2n) is 4.09. The molecule has 0 spiro atoms. The van der Waals surface area contributed by atoms with Gasteiger partial charge in [0, 0.05) is 18.9 Å². The number of imidazole rings is 1. The van der Waals surface area contributed by atoms with Crippen LogP contribution in [0.25, 0.3) is 11.0 Å². The summed E-state index contributed by atoms with van der Waals surface area (Å²) in [7, 11) is 0. The summed E-state index contributed by atoms with van der Waals surface area (Å²) in [5.74, 6) is -0.993. The largest absolute Gasteiger partial charge is 0.478 e. The van der Waals surface area contributed by atoms with Crippen molar-refractivity contribution in [1.82, 2.24) is 24.5 Å². The average molecular weight is 257 g/mol. The fourth-order valence-electron chi connectivity index (χ4n) is 1.96. The highest BCUT2D eigenvalue weighted by molar-refractivity contribution is 6.00. The van der Waals surface area contributed by atoms with Gasteiger partial charge in [-0.1, -0.05) is 11.3 Å². The first-order valence-electron chi connectivity index (χ1n) is 5.77. The smallest absolute Gasteiger partial charge is 0.338 e. The fourth-order valence-corrected chi connectivity index (χ4v) is 1.96. The van der Waals surface area contributed by atoms with E-state index in [2.05, 4.69) is 15.3 Å². The van der Waals surface area contributed by atoms with Crippen LogP contribution in [0, 0.1) is 0 Å². The molecule has 0 atom stereocenters. The zero-order valence-corrected chi connectivity index (χ0v) is 9.97. The molecule has 0 aliphatic heterocycles. The Morgan fingerprint density at radius 1 is 1.32 bits per heavy atom. The third kappa shape index (κ3) is 2.05. The molecule has 0 unspecified atom stereocenters. The molecule has 1 N–H and O–H groups in total. The van der Waals surface area contributed by atoms with E-state index in [0.29, 0.717) is 18.6 Å². The summed E-state index contributed by atoms with van der Waals surface area (Å²) in [5.41, 5.74) is 1.31. The highest BCUT2D eigenvalue weighted by Crippen LogP contribution is 2.16. The van der Waals surface area contributed by atoms with Crippen LogP contribution < -0.4 is 0 Å². The number of carboxylic acids is 1. The Morgan fingerprint density at radius 2 is 2.21 bits per heavy atom. The molecule has 2 heterocycles. The summed E-state index contributed by atoms with van der Waals surface area (Å²) in [6.07, 6.45) is 5.30. The lowest BCUT2D eigenvalue weighted by atomic mass is 10.2. The Labute approximate surface area is 108 Å². The molecule has 3 aromatic rings. The molecule has 96 valence electrons. The van der Waals surface area contributed by atoms with Crippen LogP contribution in [0.3, 0.4) is 0 Å². The minimum absolute atomic E-state index is 0.173. The Hall–Kier alpha value is -2.70. The van der Waals surface area contributed by atoms with Crippen molar-refractivity contribution in [1.29, 1.82) is 0 Å². The van der Waals surface area contributed by atoms with Crippen molar-refractivity contribution in [3.8, 4) is 0 Å². The van der Waals surface area contributed by atoms with Crippen LogP contribution in [0.2, 0.25) is 0 Å². The van der Waals surface area contributed by atoms with E-state index in [9.17, 15) is 4.79 Å². The maximum absolute atomic E-state index is 11.1. The third-order valence-corrected chi connectivity index (χ3v) is 2.91. The second-order valence-corrected chi connectivity index (χ2v) is 4.09. The molecule has 0 saturated heterocycles. The molecule has 0 fully saturated rings. The Balaban J connectivity index is 1.92. The standard InChI is InChI=1S/C12H11N5O2/c18-12(19)9-2-1-3-10-11(9)14-15-17(10)7-6-16-5-4-13-8-16/h1-5,8H,6-7H2,(H,18,19). The van der Waals surface area contributed by atoms with Gasteiger partial charge in [-0.25, -0.2) is 14.5 Å². The van der Waals surface area contributed by atoms with Gasteiger partial charge in [0.2, 0.25) is 0 Å². The Bertz CT molecular complexity index is 717. The van der Waals surface area contributed by atoms with Crippen molar-refractivity contribution in [2.75, 3.05) is 0 Å². The number of hydrogen-bond donors (Lipinski definition) is 1. The molecule has 7 nitrogen and oxygen atoms in total. The molecule has 0 bridgehead atoms. The molecule has 0 aliphatic rings. The number of carboxylic acid groups (broad SMARTS) is 1. The summed E-state index contributed by atoms with van der Waals surface area (Å²) < 4.78 is 3.62. The maximum atomic E-state index is 11.1. The number of aromatic nitrogens is 5. The SMILES string of the molecule is O=C(O)c1cccc2c1nnn2CCn1ccnc1. The number of hydrogen-bond acceptors (Lipinski definition) is 4. The average Bonchev–Trinajstić information content (AvgIpc) is 3.05. The van der Waals surface area contributed by atoms with Gasteiger partial charge >= 0.3 is 5.97 Å². The Kier molecular flexibility index (Phi) is 2.71. The number of rotatable bonds is 4. The van der Waals surface area contributed by atoms with E-state index < -0.39 is 5.97 Å². The van der Waals surface area contributed by atoms with Crippen molar-refractivity contribution in [2.24, 2.45) is 0 Å². The topological polar surface area (TPSA) is 85.8 Å². The van der Waals surface area contributed by atoms with Gasteiger partial charge in [-0.05, 0) is 12.1 Å². The molecule has 0 saturated carbocycles. The lowest BCUT2D eigenvalue weighted by Gasteiger charge is -2.03. The van der Waals surface area contributed by atoms with Gasteiger partial charge in [-0.2, -0.15) is 0 Å². The molecule has 0 radical (unpaired) electrons. The second kappa shape index (κ2) is 4.52. The van der Waals surface area contributed by atoms with Crippen LogP contribution in [-0.4, -0.2) is 35.6 Å². The number of fused-ring (bicyclic) bond motifs is 1. The highest BCUT2D eigenvalue weighted by Gasteiger charge is 2.13. The molecule has 2 aromatic heterocycles. The molecule has 0 amide bonds. The molecule has 0 aliphatic carbocycles. The lowest BCUT2D eigenvalue weighted by molar-refractivity contribution is 0.0699. The van der Waals surface area contributed by atoms with Gasteiger partial charge in [-0.3, -0.25) is 0 Å². The summed E-state index contributed by atoms with van der Waals surface area (Å²) >= 11 is 0. The van der Waals surface area contributed by atoms with Crippen LogP contribution in [0.4, 0.5) is 0 Å². The predicted molar refractivity (Wildman–Crippen MR) is 66.7 cm³/mol. The predicted octanol–water partition coefficient (Wildman–Crippen LogP) is 1.03. The molecule has 7 heteroatoms. The van der Waals surface area contributed by atoms with Crippen molar-refractivity contribution in [3.63, 3.8) is 0 Å². The molecule has 1 aromatic carbocycles. The highest BCUT2D eigenvalue weighted by atomic mass is 16.4. The first-order valence-corrected chi connectivity index (χ1v) is 5.77. The monoisotopic (exact) mass is 257 g/mol. The van der Waals surface area contributed by atoms with Crippen molar-refractivity contribution < 1.29 is 9.90 Å². The summed E-state index contributed by atoms with van der Waals surface area (Å²) in [6, 6.07) is 5.04. The van der Waals surface area contributed by atoms with Crippen LogP contribution in [0.15, 0.2) is 36.9 Å². The molecule has 19 heavy (non-hydrogen) atoms. The van der Waals surface area contributed by atoms with Gasteiger partial charge in [0.25, 0.3) is 0 Å². The van der Waals surface area contributed by atoms with E-state index in [0.717, 1.165) is 5.52 Å². The van der Waals surface area contributed by atoms with E-state index in [1.807, 2.05) is 16.8 Å². The van der Waals surface area contributed by atoms with Crippen molar-refractivity contribution >= 4 is 17.0 Å². The number of benzene rings is 1. The van der Waals surface area contributed by atoms with Crippen LogP contribution >= 0.6 is 0 Å². The number of aromatic carboxylic acids is 1. The lowest BCUT2D eigenvalue weighted by Crippen LogP contribution is -2.07. The first-order chi connectivity index (χ1) is 9.25. The zero-order valence-electron chi connectivity index (χ0n) is 9.97. The van der Waals surface area contributed by atoms with E-state index >= 15 is 0 Å². The number of nitrogens with zero attached hydrogens (tertiary/aromatic N) is 5. The maximum Gasteiger partial charge on any atom is 0.338 e. The first kappa shape index (κ1) is 11.4. The quantitative estimate of drug-likeness (QED) is 0.754. The van der Waals surface area contributed by atoms with Crippen LogP contribution in [0.1, 0.15) is 10.4 Å². The van der Waals surface area contributed by atoms with Crippen LogP contribution in [0.5, 0.6) is 0 Å². The number of aryl methyl sites for hydroxylation is 2. The van der Waals surface area contributed by atoms with Crippen molar-refractivity contribution in [3.05, 3.63) is 42.5 Å². The zero-order chi connectivity index (χ0) is 13.2. The van der Waals surface area contributed by atoms with Gasteiger partial charge < -0.3 is 9.67 Å². The molecule has 3 rings (SSSR count). The Morgan fingerprint density at radius 3 is 2.95 bits per heavy atom.